The van der Waals surface area contributed by atoms with Crippen molar-refractivity contribution >= 4 is 34.7 Å². The van der Waals surface area contributed by atoms with Gasteiger partial charge in [-0.25, -0.2) is 14.7 Å². The molecule has 1 atom stereocenters. The van der Waals surface area contributed by atoms with Crippen LogP contribution >= 0.6 is 11.8 Å². The molecule has 0 radical (unpaired) electrons. The minimum absolute atomic E-state index is 0.177. The Morgan fingerprint density at radius 3 is 2.59 bits per heavy atom. The van der Waals surface area contributed by atoms with E-state index in [1.807, 2.05) is 26.0 Å². The summed E-state index contributed by atoms with van der Waals surface area (Å²) in [7, 11) is 0. The Kier molecular flexibility index (Phi) is 9.15. The van der Waals surface area contributed by atoms with Gasteiger partial charge in [0.15, 0.2) is 11.0 Å². The molecular weight excluding hydrogens is 599 g/mol. The number of halogens is 3. The fourth-order valence-corrected chi connectivity index (χ4v) is 5.01. The van der Waals surface area contributed by atoms with Crippen molar-refractivity contribution in [3.63, 3.8) is 0 Å². The lowest BCUT2D eigenvalue weighted by Crippen LogP contribution is -2.32. The van der Waals surface area contributed by atoms with E-state index < -0.39 is 12.7 Å². The second-order valence-corrected chi connectivity index (χ2v) is 10.2. The normalized spacial score (nSPS) is 15.3. The maximum absolute atomic E-state index is 12.7. The minimum atomic E-state index is -4.77. The molecule has 228 valence electrons. The minimum Gasteiger partial charge on any atom is -0.492 e. The number of nitrogens with zero attached hydrogens (tertiary/aromatic N) is 6. The predicted octanol–water partition coefficient (Wildman–Crippen LogP) is 4.88. The van der Waals surface area contributed by atoms with E-state index in [1.165, 1.54) is 58.2 Å². The van der Waals surface area contributed by atoms with E-state index >= 15 is 0 Å². The molecule has 5 rings (SSSR count). The molecule has 1 aliphatic rings. The number of aryl methyl sites for hydroxylation is 1. The van der Waals surface area contributed by atoms with Gasteiger partial charge in [0.1, 0.15) is 17.8 Å². The molecule has 0 aliphatic carbocycles. The number of anilines is 1. The van der Waals surface area contributed by atoms with Gasteiger partial charge >= 0.3 is 6.36 Å². The fourth-order valence-electron chi connectivity index (χ4n) is 4.12. The Hall–Kier alpha value is -4.89. The highest BCUT2D eigenvalue weighted by Gasteiger charge is 2.33. The van der Waals surface area contributed by atoms with Gasteiger partial charge in [0.05, 0.1) is 29.9 Å². The third kappa shape index (κ3) is 7.54. The second-order valence-electron chi connectivity index (χ2n) is 9.27. The third-order valence-electron chi connectivity index (χ3n) is 6.05. The number of amides is 1. The number of aromatic nitrogens is 3. The number of hydrogen-bond acceptors (Lipinski definition) is 10. The Balaban J connectivity index is 1.21. The lowest BCUT2D eigenvalue weighted by atomic mass is 10.1. The Morgan fingerprint density at radius 2 is 1.89 bits per heavy atom. The molecule has 1 fully saturated rings. The SMILES string of the molecule is CCOc1ccc(C)cc1N1C(=O)CS/C1=N\C(O)N/N=C/c1ccc(-c2ncn(-c3ccc(OC(F)(F)F)cc3)n2)cc1. The molecule has 1 aliphatic heterocycles. The first-order chi connectivity index (χ1) is 21.1. The zero-order chi connectivity index (χ0) is 31.3. The van der Waals surface area contributed by atoms with Crippen LogP contribution in [0.15, 0.2) is 83.2 Å². The summed E-state index contributed by atoms with van der Waals surface area (Å²) in [6.45, 7) is 4.20. The predicted molar refractivity (Wildman–Crippen MR) is 160 cm³/mol. The van der Waals surface area contributed by atoms with Crippen molar-refractivity contribution in [1.82, 2.24) is 20.2 Å². The number of thioether (sulfide) groups is 1. The average Bonchev–Trinajstić information content (AvgIpc) is 3.61. The quantitative estimate of drug-likeness (QED) is 0.145. The van der Waals surface area contributed by atoms with Crippen molar-refractivity contribution in [3.8, 4) is 28.6 Å². The number of carbonyl (C=O) groups is 1. The largest absolute Gasteiger partial charge is 0.573 e. The molecule has 4 aromatic rings. The van der Waals surface area contributed by atoms with E-state index in [1.54, 1.807) is 30.3 Å². The molecular formula is C29H26F3N7O4S. The number of hydrogen-bond donors (Lipinski definition) is 2. The van der Waals surface area contributed by atoms with Crippen LogP contribution < -0.4 is 19.8 Å². The number of aliphatic hydroxyl groups is 1. The molecule has 15 heteroatoms. The topological polar surface area (TPSA) is 126 Å². The van der Waals surface area contributed by atoms with Crippen LogP contribution in [0.5, 0.6) is 11.5 Å². The number of alkyl halides is 3. The summed E-state index contributed by atoms with van der Waals surface area (Å²) in [4.78, 5) is 22.6. The summed E-state index contributed by atoms with van der Waals surface area (Å²) < 4.78 is 48.2. The summed E-state index contributed by atoms with van der Waals surface area (Å²) in [5, 5.41) is 19.2. The zero-order valence-electron chi connectivity index (χ0n) is 23.4. The summed E-state index contributed by atoms with van der Waals surface area (Å²) in [5.41, 5.74) is 5.95. The molecule has 1 amide bonds. The molecule has 1 aromatic heterocycles. The summed E-state index contributed by atoms with van der Waals surface area (Å²) >= 11 is 1.21. The van der Waals surface area contributed by atoms with Gasteiger partial charge in [-0.1, -0.05) is 42.1 Å². The van der Waals surface area contributed by atoms with E-state index in [2.05, 4.69) is 30.3 Å². The monoisotopic (exact) mass is 625 g/mol. The number of hydrazone groups is 1. The van der Waals surface area contributed by atoms with E-state index in [0.29, 0.717) is 45.9 Å². The van der Waals surface area contributed by atoms with Gasteiger partial charge in [0, 0.05) is 5.56 Å². The van der Waals surface area contributed by atoms with Crippen molar-refractivity contribution in [3.05, 3.63) is 84.2 Å². The first-order valence-electron chi connectivity index (χ1n) is 13.2. The van der Waals surface area contributed by atoms with Crippen LogP contribution in [-0.2, 0) is 4.79 Å². The molecule has 0 spiro atoms. The van der Waals surface area contributed by atoms with Crippen LogP contribution in [0.1, 0.15) is 18.1 Å². The first kappa shape index (κ1) is 30.6. The van der Waals surface area contributed by atoms with E-state index in [4.69, 9.17) is 4.74 Å². The van der Waals surface area contributed by atoms with Crippen molar-refractivity contribution in [2.24, 2.45) is 10.1 Å². The second kappa shape index (κ2) is 13.2. The number of rotatable bonds is 10. The summed E-state index contributed by atoms with van der Waals surface area (Å²) in [6, 6.07) is 17.9. The Morgan fingerprint density at radius 1 is 1.14 bits per heavy atom. The lowest BCUT2D eigenvalue weighted by molar-refractivity contribution is -0.274. The molecule has 0 bridgehead atoms. The number of benzene rings is 3. The highest BCUT2D eigenvalue weighted by molar-refractivity contribution is 8.15. The van der Waals surface area contributed by atoms with E-state index in [9.17, 15) is 23.1 Å². The third-order valence-corrected chi connectivity index (χ3v) is 6.99. The fraction of sp³-hybridized carbons (Fsp3) is 0.207. The van der Waals surface area contributed by atoms with Gasteiger partial charge in [-0.15, -0.1) is 18.3 Å². The van der Waals surface area contributed by atoms with E-state index in [-0.39, 0.29) is 17.4 Å². The highest BCUT2D eigenvalue weighted by Crippen LogP contribution is 2.35. The van der Waals surface area contributed by atoms with Crippen LogP contribution in [0.4, 0.5) is 18.9 Å². The molecule has 0 saturated carbocycles. The van der Waals surface area contributed by atoms with Gasteiger partial charge in [0.25, 0.3) is 0 Å². The average molecular weight is 626 g/mol. The molecule has 11 nitrogen and oxygen atoms in total. The number of ether oxygens (including phenoxy) is 2. The number of aliphatic imine (C=N–C) groups is 1. The highest BCUT2D eigenvalue weighted by atomic mass is 32.2. The lowest BCUT2D eigenvalue weighted by Gasteiger charge is -2.21. The molecule has 2 heterocycles. The number of aliphatic hydroxyl groups excluding tert-OH is 1. The number of carbonyl (C=O) groups excluding carboxylic acids is 1. The maximum atomic E-state index is 12.7. The Labute approximate surface area is 254 Å². The van der Waals surface area contributed by atoms with Crippen LogP contribution in [-0.4, -0.2) is 62.2 Å². The van der Waals surface area contributed by atoms with Crippen molar-refractivity contribution in [1.29, 1.82) is 0 Å². The molecule has 1 unspecified atom stereocenters. The molecule has 3 aromatic carbocycles. The first-order valence-corrected chi connectivity index (χ1v) is 14.2. The smallest absolute Gasteiger partial charge is 0.492 e. The van der Waals surface area contributed by atoms with Crippen molar-refractivity contribution in [2.45, 2.75) is 26.6 Å². The molecule has 1 saturated heterocycles. The van der Waals surface area contributed by atoms with Crippen LogP contribution in [0.2, 0.25) is 0 Å². The van der Waals surface area contributed by atoms with Crippen molar-refractivity contribution in [2.75, 3.05) is 17.3 Å². The van der Waals surface area contributed by atoms with Crippen molar-refractivity contribution < 1.29 is 32.5 Å². The summed E-state index contributed by atoms with van der Waals surface area (Å²) in [5.74, 6) is 0.616. The van der Waals surface area contributed by atoms with Gasteiger partial charge < -0.3 is 14.6 Å². The van der Waals surface area contributed by atoms with Crippen LogP contribution in [0, 0.1) is 6.92 Å². The summed E-state index contributed by atoms with van der Waals surface area (Å²) in [6.07, 6.45) is -3.24. The standard InChI is InChI=1S/C29H26F3N7O4S/c1-3-42-24-13-4-18(2)14-23(24)39-25(40)16-44-28(39)35-27(41)36-34-15-19-5-7-20(8-6-19)26-33-17-38(37-26)21-9-11-22(12-10-21)43-29(30,31)32/h4-15,17,27,36,41H,3,16H2,1-2H3/b34-15+,35-28-. The number of amidine groups is 1. The Bertz CT molecular complexity index is 1680. The maximum Gasteiger partial charge on any atom is 0.573 e. The number of nitrogens with one attached hydrogen (secondary N) is 1. The van der Waals surface area contributed by atoms with Gasteiger partial charge in [0.2, 0.25) is 12.3 Å². The van der Waals surface area contributed by atoms with Gasteiger partial charge in [-0.05, 0) is 61.4 Å². The van der Waals surface area contributed by atoms with Gasteiger partial charge in [-0.2, -0.15) is 5.10 Å². The van der Waals surface area contributed by atoms with Crippen LogP contribution in [0.3, 0.4) is 0 Å². The van der Waals surface area contributed by atoms with Crippen LogP contribution in [0.25, 0.3) is 17.1 Å². The van der Waals surface area contributed by atoms with E-state index in [0.717, 1.165) is 5.56 Å². The molecule has 2 N–H and O–H groups in total. The zero-order valence-corrected chi connectivity index (χ0v) is 24.2. The van der Waals surface area contributed by atoms with Gasteiger partial charge in [-0.3, -0.25) is 15.1 Å². The molecule has 44 heavy (non-hydrogen) atoms.